The van der Waals surface area contributed by atoms with E-state index in [1.54, 1.807) is 28.9 Å². The van der Waals surface area contributed by atoms with Crippen molar-refractivity contribution in [3.05, 3.63) is 36.7 Å². The fourth-order valence-corrected chi connectivity index (χ4v) is 2.68. The first-order valence-corrected chi connectivity index (χ1v) is 7.62. The Kier molecular flexibility index (Phi) is 3.99. The van der Waals surface area contributed by atoms with E-state index in [0.29, 0.717) is 11.4 Å². The smallest absolute Gasteiger partial charge is 0.265 e. The van der Waals surface area contributed by atoms with Gasteiger partial charge in [0.1, 0.15) is 10.6 Å². The minimum atomic E-state index is -3.67. The Labute approximate surface area is 118 Å². The summed E-state index contributed by atoms with van der Waals surface area (Å²) < 4.78 is 33.8. The van der Waals surface area contributed by atoms with Gasteiger partial charge in [-0.3, -0.25) is 9.40 Å². The quantitative estimate of drug-likeness (QED) is 0.918. The van der Waals surface area contributed by atoms with Crippen LogP contribution in [0.4, 0.5) is 5.69 Å². The Morgan fingerprint density at radius 3 is 2.60 bits per heavy atom. The molecule has 1 heterocycles. The summed E-state index contributed by atoms with van der Waals surface area (Å²) in [5, 5.41) is 4.03. The van der Waals surface area contributed by atoms with E-state index in [4.69, 9.17) is 4.74 Å². The SMILES string of the molecule is COc1ccccc1NS(=O)(=O)c1cnn(C(C)C)c1. The van der Waals surface area contributed by atoms with E-state index >= 15 is 0 Å². The van der Waals surface area contributed by atoms with Gasteiger partial charge in [-0.15, -0.1) is 0 Å². The van der Waals surface area contributed by atoms with Crippen LogP contribution < -0.4 is 9.46 Å². The normalized spacial score (nSPS) is 11.6. The summed E-state index contributed by atoms with van der Waals surface area (Å²) in [5.41, 5.74) is 0.396. The van der Waals surface area contributed by atoms with Gasteiger partial charge in [0.2, 0.25) is 0 Å². The zero-order valence-corrected chi connectivity index (χ0v) is 12.4. The molecule has 1 N–H and O–H groups in total. The van der Waals surface area contributed by atoms with Crippen molar-refractivity contribution in [3.8, 4) is 5.75 Å². The van der Waals surface area contributed by atoms with Gasteiger partial charge in [0.25, 0.3) is 10.0 Å². The number of benzene rings is 1. The van der Waals surface area contributed by atoms with Crippen LogP contribution in [0.15, 0.2) is 41.6 Å². The summed E-state index contributed by atoms with van der Waals surface area (Å²) >= 11 is 0. The van der Waals surface area contributed by atoms with Crippen molar-refractivity contribution < 1.29 is 13.2 Å². The second-order valence-corrected chi connectivity index (χ2v) is 6.24. The summed E-state index contributed by atoms with van der Waals surface area (Å²) in [7, 11) is -2.18. The van der Waals surface area contributed by atoms with E-state index in [-0.39, 0.29) is 10.9 Å². The summed E-state index contributed by atoms with van der Waals surface area (Å²) in [6.45, 7) is 3.86. The number of ether oxygens (including phenoxy) is 1. The zero-order chi connectivity index (χ0) is 14.8. The number of rotatable bonds is 5. The average Bonchev–Trinajstić information content (AvgIpc) is 2.89. The summed E-state index contributed by atoms with van der Waals surface area (Å²) in [5.74, 6) is 0.465. The minimum Gasteiger partial charge on any atom is -0.495 e. The Hall–Kier alpha value is -2.02. The van der Waals surface area contributed by atoms with Crippen molar-refractivity contribution in [2.75, 3.05) is 11.8 Å². The predicted molar refractivity (Wildman–Crippen MR) is 76.4 cm³/mol. The van der Waals surface area contributed by atoms with Crippen LogP contribution in [0.5, 0.6) is 5.75 Å². The molecule has 0 atom stereocenters. The third-order valence-corrected chi connectivity index (χ3v) is 4.09. The topological polar surface area (TPSA) is 73.2 Å². The largest absolute Gasteiger partial charge is 0.495 e. The molecule has 0 aliphatic heterocycles. The van der Waals surface area contributed by atoms with Gasteiger partial charge < -0.3 is 4.74 Å². The molecule has 0 saturated carbocycles. The lowest BCUT2D eigenvalue weighted by molar-refractivity contribution is 0.417. The number of nitrogens with zero attached hydrogens (tertiary/aromatic N) is 2. The molecular weight excluding hydrogens is 278 g/mol. The molecule has 1 aromatic carbocycles. The van der Waals surface area contributed by atoms with Gasteiger partial charge in [-0.1, -0.05) is 12.1 Å². The first kappa shape index (κ1) is 14.4. The molecule has 0 bridgehead atoms. The Morgan fingerprint density at radius 2 is 2.00 bits per heavy atom. The Bertz CT molecular complexity index is 692. The van der Waals surface area contributed by atoms with Crippen molar-refractivity contribution in [1.29, 1.82) is 0 Å². The number of sulfonamides is 1. The van der Waals surface area contributed by atoms with Crippen LogP contribution in [0, 0.1) is 0 Å². The van der Waals surface area contributed by atoms with E-state index < -0.39 is 10.0 Å². The molecule has 0 amide bonds. The molecule has 2 rings (SSSR count). The van der Waals surface area contributed by atoms with Crippen LogP contribution in [0.25, 0.3) is 0 Å². The summed E-state index contributed by atoms with van der Waals surface area (Å²) in [6, 6.07) is 6.94. The third kappa shape index (κ3) is 2.93. The minimum absolute atomic E-state index is 0.102. The van der Waals surface area contributed by atoms with Crippen molar-refractivity contribution in [1.82, 2.24) is 9.78 Å². The molecular formula is C13H17N3O3S. The van der Waals surface area contributed by atoms with Crippen LogP contribution >= 0.6 is 0 Å². The molecule has 0 fully saturated rings. The molecule has 0 radical (unpaired) electrons. The van der Waals surface area contributed by atoms with Crippen LogP contribution in [-0.4, -0.2) is 25.3 Å². The summed E-state index contributed by atoms with van der Waals surface area (Å²) in [6.07, 6.45) is 2.83. The molecule has 1 aromatic heterocycles. The molecule has 6 nitrogen and oxygen atoms in total. The number of methoxy groups -OCH3 is 1. The maximum absolute atomic E-state index is 12.3. The molecule has 0 unspecified atom stereocenters. The van der Waals surface area contributed by atoms with Gasteiger partial charge in [-0.2, -0.15) is 5.10 Å². The predicted octanol–water partition coefficient (Wildman–Crippen LogP) is 2.27. The number of anilines is 1. The Morgan fingerprint density at radius 1 is 1.30 bits per heavy atom. The fourth-order valence-electron chi connectivity index (χ4n) is 1.67. The summed E-state index contributed by atoms with van der Waals surface area (Å²) in [4.78, 5) is 0.122. The highest BCUT2D eigenvalue weighted by Crippen LogP contribution is 2.26. The molecule has 20 heavy (non-hydrogen) atoms. The molecule has 2 aromatic rings. The van der Waals surface area contributed by atoms with Crippen molar-refractivity contribution in [2.45, 2.75) is 24.8 Å². The second-order valence-electron chi connectivity index (χ2n) is 4.56. The monoisotopic (exact) mass is 295 g/mol. The first-order valence-electron chi connectivity index (χ1n) is 6.14. The zero-order valence-electron chi connectivity index (χ0n) is 11.6. The van der Waals surface area contributed by atoms with Crippen molar-refractivity contribution in [2.24, 2.45) is 0 Å². The maximum Gasteiger partial charge on any atom is 0.265 e. The van der Waals surface area contributed by atoms with Crippen LogP contribution in [0.1, 0.15) is 19.9 Å². The molecule has 7 heteroatoms. The molecule has 0 aliphatic rings. The van der Waals surface area contributed by atoms with Gasteiger partial charge in [-0.05, 0) is 26.0 Å². The van der Waals surface area contributed by atoms with Gasteiger partial charge in [0.15, 0.2) is 0 Å². The van der Waals surface area contributed by atoms with E-state index in [2.05, 4.69) is 9.82 Å². The number of nitrogens with one attached hydrogen (secondary N) is 1. The number of para-hydroxylation sites is 2. The maximum atomic E-state index is 12.3. The number of hydrogen-bond acceptors (Lipinski definition) is 4. The molecule has 0 saturated heterocycles. The molecule has 108 valence electrons. The highest BCUT2D eigenvalue weighted by molar-refractivity contribution is 7.92. The average molecular weight is 295 g/mol. The number of aromatic nitrogens is 2. The lowest BCUT2D eigenvalue weighted by Crippen LogP contribution is -2.13. The number of hydrogen-bond donors (Lipinski definition) is 1. The third-order valence-electron chi connectivity index (χ3n) is 2.77. The lowest BCUT2D eigenvalue weighted by atomic mass is 10.3. The van der Waals surface area contributed by atoms with Crippen molar-refractivity contribution in [3.63, 3.8) is 0 Å². The van der Waals surface area contributed by atoms with Gasteiger partial charge in [0, 0.05) is 12.2 Å². The molecule has 0 aliphatic carbocycles. The lowest BCUT2D eigenvalue weighted by Gasteiger charge is -2.10. The van der Waals surface area contributed by atoms with Gasteiger partial charge in [0.05, 0.1) is 19.0 Å². The van der Waals surface area contributed by atoms with E-state index in [1.807, 2.05) is 13.8 Å². The van der Waals surface area contributed by atoms with Crippen molar-refractivity contribution >= 4 is 15.7 Å². The first-order chi connectivity index (χ1) is 9.44. The second kappa shape index (κ2) is 5.54. The highest BCUT2D eigenvalue weighted by Gasteiger charge is 2.18. The Balaban J connectivity index is 2.31. The standard InChI is InChI=1S/C13H17N3O3S/c1-10(2)16-9-11(8-14-16)20(17,18)15-12-6-4-5-7-13(12)19-3/h4-10,15H,1-3H3. The van der Waals surface area contributed by atoms with Gasteiger partial charge in [-0.25, -0.2) is 8.42 Å². The van der Waals surface area contributed by atoms with Crippen LogP contribution in [0.3, 0.4) is 0 Å². The molecule has 0 spiro atoms. The highest BCUT2D eigenvalue weighted by atomic mass is 32.2. The van der Waals surface area contributed by atoms with E-state index in [9.17, 15) is 8.42 Å². The van der Waals surface area contributed by atoms with E-state index in [1.165, 1.54) is 19.5 Å². The van der Waals surface area contributed by atoms with E-state index in [0.717, 1.165) is 0 Å². The van der Waals surface area contributed by atoms with Gasteiger partial charge >= 0.3 is 0 Å². The van der Waals surface area contributed by atoms with Crippen LogP contribution in [0.2, 0.25) is 0 Å². The fraction of sp³-hybridized carbons (Fsp3) is 0.308. The van der Waals surface area contributed by atoms with Crippen LogP contribution in [-0.2, 0) is 10.0 Å².